The first-order valence-corrected chi connectivity index (χ1v) is 4.17. The quantitative estimate of drug-likeness (QED) is 0.736. The highest BCUT2D eigenvalue weighted by molar-refractivity contribution is 5.92. The molecule has 1 heterocycles. The van der Waals surface area contributed by atoms with Crippen LogP contribution in [0.2, 0.25) is 0 Å². The number of ketones is 1. The first kappa shape index (κ1) is 14.9. The maximum absolute atomic E-state index is 10.7. The average Bonchev–Trinajstić information content (AvgIpc) is 2.17. The highest BCUT2D eigenvalue weighted by atomic mass is 19.4. The number of aliphatic carboxylic acids is 1. The summed E-state index contributed by atoms with van der Waals surface area (Å²) in [7, 11) is 0. The zero-order valence-corrected chi connectivity index (χ0v) is 8.65. The van der Waals surface area contributed by atoms with Crippen molar-refractivity contribution in [3.8, 4) is 0 Å². The summed E-state index contributed by atoms with van der Waals surface area (Å²) < 4.78 is 31.7. The lowest BCUT2D eigenvalue weighted by Crippen LogP contribution is -2.21. The van der Waals surface area contributed by atoms with Gasteiger partial charge in [-0.25, -0.2) is 4.79 Å². The molecule has 94 valence electrons. The summed E-state index contributed by atoms with van der Waals surface area (Å²) in [6.45, 7) is 1.46. The van der Waals surface area contributed by atoms with Crippen LogP contribution in [0.3, 0.4) is 0 Å². The molecule has 0 bridgehead atoms. The third-order valence-corrected chi connectivity index (χ3v) is 1.39. The number of carboxylic acids is 1. The molecule has 0 aliphatic rings. The van der Waals surface area contributed by atoms with E-state index in [1.165, 1.54) is 13.1 Å². The normalized spacial score (nSPS) is 10.1. The molecule has 0 amide bonds. The molecule has 1 aromatic heterocycles. The van der Waals surface area contributed by atoms with E-state index in [2.05, 4.69) is 4.98 Å². The Morgan fingerprint density at radius 1 is 1.41 bits per heavy atom. The van der Waals surface area contributed by atoms with Crippen molar-refractivity contribution in [1.82, 2.24) is 4.98 Å². The van der Waals surface area contributed by atoms with Gasteiger partial charge in [0, 0.05) is 18.8 Å². The van der Waals surface area contributed by atoms with Crippen LogP contribution in [0.5, 0.6) is 0 Å². The van der Waals surface area contributed by atoms with Gasteiger partial charge in [-0.1, -0.05) is 0 Å². The molecule has 0 radical (unpaired) electrons. The molecular formula is C9H9F3N2O3. The van der Waals surface area contributed by atoms with Gasteiger partial charge >= 0.3 is 12.1 Å². The molecule has 3 N–H and O–H groups in total. The first-order valence-electron chi connectivity index (χ1n) is 4.17. The number of carbonyl (C=O) groups excluding carboxylic acids is 1. The second-order valence-electron chi connectivity index (χ2n) is 2.83. The second-order valence-corrected chi connectivity index (χ2v) is 2.83. The molecule has 0 saturated heterocycles. The molecular weight excluding hydrogens is 241 g/mol. The Hall–Kier alpha value is -2.12. The predicted octanol–water partition coefficient (Wildman–Crippen LogP) is 1.50. The van der Waals surface area contributed by atoms with Gasteiger partial charge in [-0.2, -0.15) is 13.2 Å². The van der Waals surface area contributed by atoms with E-state index in [0.717, 1.165) is 0 Å². The molecule has 0 aromatic carbocycles. The highest BCUT2D eigenvalue weighted by Gasteiger charge is 2.38. The zero-order valence-electron chi connectivity index (χ0n) is 8.65. The van der Waals surface area contributed by atoms with E-state index in [0.29, 0.717) is 11.4 Å². The number of hydrogen-bond acceptors (Lipinski definition) is 4. The average molecular weight is 250 g/mol. The molecule has 0 saturated carbocycles. The number of nitrogen functional groups attached to an aromatic ring is 1. The molecule has 17 heavy (non-hydrogen) atoms. The molecule has 0 unspecified atom stereocenters. The molecule has 0 aliphatic carbocycles. The number of pyridine rings is 1. The predicted molar refractivity (Wildman–Crippen MR) is 52.3 cm³/mol. The van der Waals surface area contributed by atoms with E-state index >= 15 is 0 Å². The van der Waals surface area contributed by atoms with E-state index in [4.69, 9.17) is 15.6 Å². The summed E-state index contributed by atoms with van der Waals surface area (Å²) in [5.41, 5.74) is 6.39. The smallest absolute Gasteiger partial charge is 0.475 e. The lowest BCUT2D eigenvalue weighted by Gasteiger charge is -1.93. The van der Waals surface area contributed by atoms with Gasteiger partial charge < -0.3 is 10.8 Å². The van der Waals surface area contributed by atoms with E-state index in [1.807, 2.05) is 0 Å². The zero-order chi connectivity index (χ0) is 13.6. The number of aromatic nitrogens is 1. The molecule has 0 atom stereocenters. The number of anilines is 1. The van der Waals surface area contributed by atoms with Crippen LogP contribution >= 0.6 is 0 Å². The SMILES string of the molecule is CC(=O)c1cc(N)ccn1.O=C(O)C(F)(F)F. The topological polar surface area (TPSA) is 93.3 Å². The minimum atomic E-state index is -5.08. The van der Waals surface area contributed by atoms with Crippen molar-refractivity contribution in [2.75, 3.05) is 5.73 Å². The van der Waals surface area contributed by atoms with Gasteiger partial charge in [0.25, 0.3) is 0 Å². The maximum atomic E-state index is 10.7. The van der Waals surface area contributed by atoms with Gasteiger partial charge in [0.2, 0.25) is 0 Å². The van der Waals surface area contributed by atoms with Crippen molar-refractivity contribution in [2.45, 2.75) is 13.1 Å². The Bertz CT molecular complexity index is 418. The van der Waals surface area contributed by atoms with Crippen LogP contribution in [0.1, 0.15) is 17.4 Å². The summed E-state index contributed by atoms with van der Waals surface area (Å²) in [5, 5.41) is 7.12. The molecule has 0 aliphatic heterocycles. The van der Waals surface area contributed by atoms with Gasteiger partial charge in [0.1, 0.15) is 5.69 Å². The van der Waals surface area contributed by atoms with Gasteiger partial charge in [-0.05, 0) is 12.1 Å². The van der Waals surface area contributed by atoms with Gasteiger partial charge in [-0.15, -0.1) is 0 Å². The Kier molecular flexibility index (Phi) is 5.10. The van der Waals surface area contributed by atoms with E-state index in [-0.39, 0.29) is 5.78 Å². The highest BCUT2D eigenvalue weighted by Crippen LogP contribution is 2.13. The van der Waals surface area contributed by atoms with Crippen LogP contribution in [0.15, 0.2) is 18.3 Å². The number of nitrogens with two attached hydrogens (primary N) is 1. The minimum Gasteiger partial charge on any atom is -0.475 e. The fraction of sp³-hybridized carbons (Fsp3) is 0.222. The van der Waals surface area contributed by atoms with E-state index < -0.39 is 12.1 Å². The van der Waals surface area contributed by atoms with Crippen LogP contribution in [0.4, 0.5) is 18.9 Å². The van der Waals surface area contributed by atoms with Gasteiger partial charge in [0.05, 0.1) is 0 Å². The third-order valence-electron chi connectivity index (χ3n) is 1.39. The lowest BCUT2D eigenvalue weighted by atomic mass is 10.2. The van der Waals surface area contributed by atoms with Crippen molar-refractivity contribution >= 4 is 17.4 Å². The van der Waals surface area contributed by atoms with Crippen LogP contribution in [-0.4, -0.2) is 28.0 Å². The molecule has 5 nitrogen and oxygen atoms in total. The Morgan fingerprint density at radius 2 is 1.88 bits per heavy atom. The summed E-state index contributed by atoms with van der Waals surface area (Å²) >= 11 is 0. The number of carboxylic acid groups (broad SMARTS) is 1. The number of alkyl halides is 3. The van der Waals surface area contributed by atoms with Crippen molar-refractivity contribution in [1.29, 1.82) is 0 Å². The second kappa shape index (κ2) is 5.83. The van der Waals surface area contributed by atoms with Crippen LogP contribution in [0, 0.1) is 0 Å². The summed E-state index contributed by atoms with van der Waals surface area (Å²) in [6, 6.07) is 3.20. The Labute approximate surface area is 94.1 Å². The van der Waals surface area contributed by atoms with E-state index in [1.54, 1.807) is 12.1 Å². The van der Waals surface area contributed by atoms with E-state index in [9.17, 15) is 18.0 Å². The van der Waals surface area contributed by atoms with Crippen LogP contribution in [0.25, 0.3) is 0 Å². The van der Waals surface area contributed by atoms with Crippen molar-refractivity contribution in [3.63, 3.8) is 0 Å². The van der Waals surface area contributed by atoms with Gasteiger partial charge in [0.15, 0.2) is 5.78 Å². The number of carbonyl (C=O) groups is 2. The Morgan fingerprint density at radius 3 is 2.12 bits per heavy atom. The Balaban J connectivity index is 0.000000325. The monoisotopic (exact) mass is 250 g/mol. The molecule has 1 rings (SSSR count). The van der Waals surface area contributed by atoms with Crippen LogP contribution < -0.4 is 5.73 Å². The largest absolute Gasteiger partial charge is 0.490 e. The fourth-order valence-corrected chi connectivity index (χ4v) is 0.639. The number of hydrogen-bond donors (Lipinski definition) is 2. The first-order chi connectivity index (χ1) is 7.64. The number of nitrogens with zero attached hydrogens (tertiary/aromatic N) is 1. The third kappa shape index (κ3) is 6.13. The summed E-state index contributed by atoms with van der Waals surface area (Å²) in [6.07, 6.45) is -3.56. The van der Waals surface area contributed by atoms with Crippen molar-refractivity contribution in [3.05, 3.63) is 24.0 Å². The fourth-order valence-electron chi connectivity index (χ4n) is 0.639. The summed E-state index contributed by atoms with van der Waals surface area (Å²) in [5.74, 6) is -2.82. The minimum absolute atomic E-state index is 0.0627. The lowest BCUT2D eigenvalue weighted by molar-refractivity contribution is -0.192. The molecule has 8 heteroatoms. The number of halogens is 3. The number of Topliss-reactive ketones (excluding diaryl/α,β-unsaturated/α-hetero) is 1. The standard InChI is InChI=1S/C7H8N2O.C2HF3O2/c1-5(10)7-4-6(8)2-3-9-7;3-2(4,5)1(6)7/h2-4H,1H3,(H2,8,9);(H,6,7). The molecule has 1 aromatic rings. The van der Waals surface area contributed by atoms with Crippen LogP contribution in [-0.2, 0) is 4.79 Å². The molecule has 0 spiro atoms. The summed E-state index contributed by atoms with van der Waals surface area (Å²) in [4.78, 5) is 23.4. The van der Waals surface area contributed by atoms with Crippen molar-refractivity contribution < 1.29 is 27.9 Å². The number of rotatable bonds is 1. The van der Waals surface area contributed by atoms with Gasteiger partial charge in [-0.3, -0.25) is 9.78 Å². The maximum Gasteiger partial charge on any atom is 0.490 e. The molecule has 0 fully saturated rings. The van der Waals surface area contributed by atoms with Crippen molar-refractivity contribution in [2.24, 2.45) is 0 Å².